The van der Waals surface area contributed by atoms with E-state index in [9.17, 15) is 5.11 Å². The lowest BCUT2D eigenvalue weighted by Gasteiger charge is -2.34. The van der Waals surface area contributed by atoms with Gasteiger partial charge in [0.25, 0.3) is 0 Å². The quantitative estimate of drug-likeness (QED) is 0.708. The van der Waals surface area contributed by atoms with Crippen LogP contribution in [-0.4, -0.2) is 48.3 Å². The van der Waals surface area contributed by atoms with Gasteiger partial charge < -0.3 is 15.3 Å². The topological polar surface area (TPSA) is 35.5 Å². The van der Waals surface area contributed by atoms with Gasteiger partial charge in [0.05, 0.1) is 6.61 Å². The molecule has 0 saturated heterocycles. The Labute approximate surface area is 132 Å². The third kappa shape index (κ3) is 5.88. The fourth-order valence-electron chi connectivity index (χ4n) is 3.68. The molecule has 0 amide bonds. The van der Waals surface area contributed by atoms with E-state index in [-0.39, 0.29) is 12.1 Å². The van der Waals surface area contributed by atoms with Gasteiger partial charge in [-0.3, -0.25) is 0 Å². The van der Waals surface area contributed by atoms with E-state index >= 15 is 0 Å². The van der Waals surface area contributed by atoms with Crippen molar-refractivity contribution in [2.45, 2.75) is 72.3 Å². The summed E-state index contributed by atoms with van der Waals surface area (Å²) in [7, 11) is 0. The standard InChI is InChI=1S/C18H38N2O/c1-6-20(7-2)14-13-19-18(15-21)11-8-9-16(10-12-18)17(3,4)5/h16,19,21H,6-15H2,1-5H3. The minimum Gasteiger partial charge on any atom is -0.394 e. The molecular weight excluding hydrogens is 260 g/mol. The second-order valence-electron chi connectivity index (χ2n) is 7.89. The summed E-state index contributed by atoms with van der Waals surface area (Å²) in [5, 5.41) is 13.7. The second-order valence-corrected chi connectivity index (χ2v) is 7.89. The summed E-state index contributed by atoms with van der Waals surface area (Å²) in [4.78, 5) is 2.44. The summed E-state index contributed by atoms with van der Waals surface area (Å²) < 4.78 is 0. The van der Waals surface area contributed by atoms with E-state index in [1.54, 1.807) is 0 Å². The molecule has 1 fully saturated rings. The normalized spacial score (nSPS) is 27.9. The third-order valence-electron chi connectivity index (χ3n) is 5.53. The van der Waals surface area contributed by atoms with Crippen LogP contribution >= 0.6 is 0 Å². The van der Waals surface area contributed by atoms with Crippen molar-refractivity contribution in [2.24, 2.45) is 11.3 Å². The smallest absolute Gasteiger partial charge is 0.0613 e. The second kappa shape index (κ2) is 8.50. The minimum absolute atomic E-state index is 0.0346. The van der Waals surface area contributed by atoms with Gasteiger partial charge in [0.1, 0.15) is 0 Å². The summed E-state index contributed by atoms with van der Waals surface area (Å²) in [6.45, 7) is 16.1. The van der Waals surface area contributed by atoms with E-state index in [4.69, 9.17) is 0 Å². The van der Waals surface area contributed by atoms with Gasteiger partial charge >= 0.3 is 0 Å². The van der Waals surface area contributed by atoms with E-state index in [0.717, 1.165) is 44.9 Å². The lowest BCUT2D eigenvalue weighted by Crippen LogP contribution is -2.50. The molecule has 0 heterocycles. The molecule has 126 valence electrons. The highest BCUT2D eigenvalue weighted by molar-refractivity contribution is 4.92. The van der Waals surface area contributed by atoms with Crippen molar-refractivity contribution < 1.29 is 5.11 Å². The van der Waals surface area contributed by atoms with Gasteiger partial charge in [-0.2, -0.15) is 0 Å². The lowest BCUT2D eigenvalue weighted by molar-refractivity contribution is 0.133. The monoisotopic (exact) mass is 298 g/mol. The zero-order chi connectivity index (χ0) is 15.9. The average Bonchev–Trinajstić information content (AvgIpc) is 2.66. The lowest BCUT2D eigenvalue weighted by atomic mass is 9.76. The molecule has 0 bridgehead atoms. The predicted molar refractivity (Wildman–Crippen MR) is 91.6 cm³/mol. The van der Waals surface area contributed by atoms with Crippen LogP contribution in [0, 0.1) is 11.3 Å². The SMILES string of the molecule is CCN(CC)CCNC1(CO)CCCC(C(C)(C)C)CC1. The van der Waals surface area contributed by atoms with E-state index in [1.807, 2.05) is 0 Å². The average molecular weight is 299 g/mol. The Morgan fingerprint density at radius 1 is 1.14 bits per heavy atom. The molecule has 2 N–H and O–H groups in total. The Morgan fingerprint density at radius 3 is 2.33 bits per heavy atom. The molecule has 1 aliphatic carbocycles. The van der Waals surface area contributed by atoms with Crippen LogP contribution in [0.5, 0.6) is 0 Å². The van der Waals surface area contributed by atoms with Crippen LogP contribution in [0.4, 0.5) is 0 Å². The van der Waals surface area contributed by atoms with E-state index in [1.165, 1.54) is 19.3 Å². The third-order valence-corrected chi connectivity index (χ3v) is 5.53. The van der Waals surface area contributed by atoms with Crippen molar-refractivity contribution in [2.75, 3.05) is 32.8 Å². The highest BCUT2D eigenvalue weighted by Crippen LogP contribution is 2.39. The molecule has 0 aromatic carbocycles. The zero-order valence-corrected chi connectivity index (χ0v) is 15.0. The zero-order valence-electron chi connectivity index (χ0n) is 15.0. The van der Waals surface area contributed by atoms with Gasteiger partial charge in [0.15, 0.2) is 0 Å². The molecule has 3 heteroatoms. The molecule has 2 atom stereocenters. The molecule has 21 heavy (non-hydrogen) atoms. The first kappa shape index (κ1) is 18.9. The number of hydrogen-bond donors (Lipinski definition) is 2. The van der Waals surface area contributed by atoms with Crippen molar-refractivity contribution >= 4 is 0 Å². The summed E-state index contributed by atoms with van der Waals surface area (Å²) in [6, 6.07) is 0. The van der Waals surface area contributed by atoms with Crippen LogP contribution in [0.3, 0.4) is 0 Å². The number of nitrogens with one attached hydrogen (secondary N) is 1. The highest BCUT2D eigenvalue weighted by atomic mass is 16.3. The van der Waals surface area contributed by atoms with Crippen molar-refractivity contribution in [3.63, 3.8) is 0 Å². The summed E-state index contributed by atoms with van der Waals surface area (Å²) >= 11 is 0. The molecule has 0 aromatic rings. The number of aliphatic hydroxyl groups excluding tert-OH is 1. The number of nitrogens with zero attached hydrogens (tertiary/aromatic N) is 1. The Morgan fingerprint density at radius 2 is 1.81 bits per heavy atom. The first-order valence-electron chi connectivity index (χ1n) is 8.95. The van der Waals surface area contributed by atoms with Crippen LogP contribution in [-0.2, 0) is 0 Å². The first-order valence-corrected chi connectivity index (χ1v) is 8.95. The van der Waals surface area contributed by atoms with Gasteiger partial charge in [-0.15, -0.1) is 0 Å². The van der Waals surface area contributed by atoms with Gasteiger partial charge in [-0.05, 0) is 50.1 Å². The molecular formula is C18H38N2O. The largest absolute Gasteiger partial charge is 0.394 e. The molecule has 2 unspecified atom stereocenters. The Balaban J connectivity index is 2.52. The Hall–Kier alpha value is -0.120. The summed E-state index contributed by atoms with van der Waals surface area (Å²) in [6.07, 6.45) is 6.02. The van der Waals surface area contributed by atoms with E-state index in [0.29, 0.717) is 5.41 Å². The first-order chi connectivity index (χ1) is 9.87. The summed E-state index contributed by atoms with van der Waals surface area (Å²) in [5.41, 5.74) is 0.361. The van der Waals surface area contributed by atoms with Crippen LogP contribution < -0.4 is 5.32 Å². The fraction of sp³-hybridized carbons (Fsp3) is 1.00. The molecule has 0 radical (unpaired) electrons. The maximum Gasteiger partial charge on any atom is 0.0613 e. The van der Waals surface area contributed by atoms with Gasteiger partial charge in [0, 0.05) is 18.6 Å². The number of likely N-dealkylation sites (N-methyl/N-ethyl adjacent to an activating group) is 1. The highest BCUT2D eigenvalue weighted by Gasteiger charge is 2.35. The van der Waals surface area contributed by atoms with E-state index < -0.39 is 0 Å². The van der Waals surface area contributed by atoms with Crippen LogP contribution in [0.2, 0.25) is 0 Å². The Bertz CT molecular complexity index is 283. The van der Waals surface area contributed by atoms with Crippen LogP contribution in [0.15, 0.2) is 0 Å². The molecule has 3 nitrogen and oxygen atoms in total. The van der Waals surface area contributed by atoms with E-state index in [2.05, 4.69) is 44.8 Å². The maximum atomic E-state index is 9.96. The van der Waals surface area contributed by atoms with Crippen molar-refractivity contribution in [3.05, 3.63) is 0 Å². The maximum absolute atomic E-state index is 9.96. The molecule has 0 spiro atoms. The molecule has 0 aromatic heterocycles. The Kier molecular flexibility index (Phi) is 7.66. The number of hydrogen-bond acceptors (Lipinski definition) is 3. The van der Waals surface area contributed by atoms with Gasteiger partial charge in [0.2, 0.25) is 0 Å². The summed E-state index contributed by atoms with van der Waals surface area (Å²) in [5.74, 6) is 0.788. The van der Waals surface area contributed by atoms with Gasteiger partial charge in [-0.25, -0.2) is 0 Å². The molecule has 1 saturated carbocycles. The molecule has 1 aliphatic rings. The number of aliphatic hydroxyl groups is 1. The van der Waals surface area contributed by atoms with Crippen LogP contribution in [0.25, 0.3) is 0 Å². The molecule has 1 rings (SSSR count). The number of rotatable bonds is 7. The predicted octanol–water partition coefficient (Wildman–Crippen LogP) is 3.28. The minimum atomic E-state index is -0.0346. The van der Waals surface area contributed by atoms with Crippen molar-refractivity contribution in [3.8, 4) is 0 Å². The van der Waals surface area contributed by atoms with Crippen LogP contribution in [0.1, 0.15) is 66.7 Å². The van der Waals surface area contributed by atoms with Crippen molar-refractivity contribution in [1.82, 2.24) is 10.2 Å². The molecule has 0 aliphatic heterocycles. The van der Waals surface area contributed by atoms with Gasteiger partial charge in [-0.1, -0.05) is 41.0 Å². The fourth-order valence-corrected chi connectivity index (χ4v) is 3.68. The van der Waals surface area contributed by atoms with Crippen molar-refractivity contribution in [1.29, 1.82) is 0 Å².